The maximum atomic E-state index is 13.5. The van der Waals surface area contributed by atoms with E-state index < -0.39 is 17.7 Å². The topological polar surface area (TPSA) is 97.3 Å². The van der Waals surface area contributed by atoms with Gasteiger partial charge < -0.3 is 24.6 Å². The molecule has 0 radical (unpaired) electrons. The molecule has 34 heavy (non-hydrogen) atoms. The van der Waals surface area contributed by atoms with Gasteiger partial charge >= 0.3 is 6.03 Å². The fourth-order valence-electron chi connectivity index (χ4n) is 4.72. The number of ether oxygens (including phenoxy) is 3. The van der Waals surface area contributed by atoms with Crippen molar-refractivity contribution in [3.63, 3.8) is 0 Å². The van der Waals surface area contributed by atoms with Gasteiger partial charge in [-0.25, -0.2) is 4.79 Å². The van der Waals surface area contributed by atoms with Crippen molar-refractivity contribution < 1.29 is 28.9 Å². The van der Waals surface area contributed by atoms with Crippen LogP contribution < -0.4 is 19.5 Å². The van der Waals surface area contributed by atoms with E-state index in [2.05, 4.69) is 11.9 Å². The highest BCUT2D eigenvalue weighted by Crippen LogP contribution is 2.41. The Morgan fingerprint density at radius 2 is 2.00 bits per heavy atom. The second kappa shape index (κ2) is 9.77. The largest absolute Gasteiger partial charge is 0.497 e. The first kappa shape index (κ1) is 23.6. The van der Waals surface area contributed by atoms with Gasteiger partial charge in [0.15, 0.2) is 11.5 Å². The Hall–Kier alpha value is -3.52. The number of nitrogens with one attached hydrogen (secondary N) is 1. The molecule has 1 aliphatic carbocycles. The minimum atomic E-state index is -1.11. The number of β-amino-alcohol motifs (C(OH)–C–C–N with tert-alkyl or cyclic N) is 1. The predicted molar refractivity (Wildman–Crippen MR) is 126 cm³/mol. The van der Waals surface area contributed by atoms with E-state index in [0.29, 0.717) is 30.1 Å². The van der Waals surface area contributed by atoms with Crippen molar-refractivity contribution in [2.45, 2.75) is 37.3 Å². The summed E-state index contributed by atoms with van der Waals surface area (Å²) in [6.07, 6.45) is 3.50. The van der Waals surface area contributed by atoms with Gasteiger partial charge in [-0.3, -0.25) is 9.69 Å². The van der Waals surface area contributed by atoms with Crippen LogP contribution in [0.25, 0.3) is 0 Å². The summed E-state index contributed by atoms with van der Waals surface area (Å²) in [4.78, 5) is 27.3. The van der Waals surface area contributed by atoms with Gasteiger partial charge in [-0.2, -0.15) is 0 Å². The van der Waals surface area contributed by atoms with Crippen molar-refractivity contribution >= 4 is 11.9 Å². The van der Waals surface area contributed by atoms with E-state index in [4.69, 9.17) is 14.2 Å². The molecule has 4 rings (SSSR count). The highest BCUT2D eigenvalue weighted by Gasteiger charge is 2.54. The monoisotopic (exact) mass is 466 g/mol. The van der Waals surface area contributed by atoms with Crippen molar-refractivity contribution in [1.29, 1.82) is 0 Å². The lowest BCUT2D eigenvalue weighted by atomic mass is 9.76. The number of hydrogen-bond acceptors (Lipinski definition) is 6. The molecular formula is C26H30N2O6. The third-order valence-corrected chi connectivity index (χ3v) is 6.38. The number of carbonyl (C=O) groups is 2. The molecule has 3 amide bonds. The number of aliphatic hydroxyl groups is 1. The first-order valence-electron chi connectivity index (χ1n) is 11.3. The normalized spacial score (nSPS) is 20.0. The maximum absolute atomic E-state index is 13.5. The number of hydrogen-bond donors (Lipinski definition) is 2. The summed E-state index contributed by atoms with van der Waals surface area (Å²) < 4.78 is 16.4. The Bertz CT molecular complexity index is 1100. The highest BCUT2D eigenvalue weighted by molar-refractivity contribution is 6.07. The molecule has 1 heterocycles. The van der Waals surface area contributed by atoms with Crippen LogP contribution in [0.5, 0.6) is 17.2 Å². The van der Waals surface area contributed by atoms with Crippen LogP contribution in [0, 0.1) is 0 Å². The minimum Gasteiger partial charge on any atom is -0.497 e. The average molecular weight is 467 g/mol. The molecule has 1 aliphatic heterocycles. The summed E-state index contributed by atoms with van der Waals surface area (Å²) in [7, 11) is 3.14. The van der Waals surface area contributed by atoms with E-state index in [0.717, 1.165) is 34.4 Å². The Balaban J connectivity index is 1.45. The minimum absolute atomic E-state index is 0.102. The molecule has 1 saturated heterocycles. The number of aryl methyl sites for hydroxylation is 1. The van der Waals surface area contributed by atoms with Gasteiger partial charge in [-0.1, -0.05) is 18.2 Å². The summed E-state index contributed by atoms with van der Waals surface area (Å²) in [5.41, 5.74) is 1.68. The second-order valence-corrected chi connectivity index (χ2v) is 8.57. The van der Waals surface area contributed by atoms with Crippen molar-refractivity contribution in [3.05, 3.63) is 65.7 Å². The molecule has 1 fully saturated rings. The zero-order valence-corrected chi connectivity index (χ0v) is 19.5. The first-order chi connectivity index (χ1) is 16.4. The Morgan fingerprint density at radius 1 is 1.18 bits per heavy atom. The Kier molecular flexibility index (Phi) is 6.79. The lowest BCUT2D eigenvalue weighted by Gasteiger charge is -2.33. The van der Waals surface area contributed by atoms with Crippen LogP contribution in [-0.2, 0) is 23.2 Å². The number of fused-ring (bicyclic) bond motifs is 2. The van der Waals surface area contributed by atoms with Crippen molar-refractivity contribution in [3.8, 4) is 17.2 Å². The molecule has 2 aromatic rings. The van der Waals surface area contributed by atoms with Crippen LogP contribution in [0.4, 0.5) is 4.79 Å². The van der Waals surface area contributed by atoms with Crippen LogP contribution >= 0.6 is 0 Å². The molecule has 8 heteroatoms. The van der Waals surface area contributed by atoms with Gasteiger partial charge in [0.25, 0.3) is 5.91 Å². The fourth-order valence-corrected chi connectivity index (χ4v) is 4.72. The Morgan fingerprint density at radius 3 is 2.74 bits per heavy atom. The molecule has 0 saturated carbocycles. The van der Waals surface area contributed by atoms with Gasteiger partial charge in [0.1, 0.15) is 24.0 Å². The molecule has 0 aromatic heterocycles. The Labute approximate surface area is 199 Å². The smallest absolute Gasteiger partial charge is 0.325 e. The van der Waals surface area contributed by atoms with E-state index >= 15 is 0 Å². The van der Waals surface area contributed by atoms with E-state index in [1.54, 1.807) is 32.4 Å². The van der Waals surface area contributed by atoms with E-state index in [1.807, 2.05) is 24.3 Å². The number of methoxy groups -OCH3 is 2. The molecular weight excluding hydrogens is 436 g/mol. The molecule has 8 nitrogen and oxygen atoms in total. The second-order valence-electron chi connectivity index (χ2n) is 8.57. The summed E-state index contributed by atoms with van der Waals surface area (Å²) in [6, 6.07) is 10.5. The van der Waals surface area contributed by atoms with Gasteiger partial charge in [0.2, 0.25) is 0 Å². The number of nitrogens with zero attached hydrogens (tertiary/aromatic N) is 1. The number of benzene rings is 2. The van der Waals surface area contributed by atoms with E-state index in [-0.39, 0.29) is 19.1 Å². The van der Waals surface area contributed by atoms with Crippen molar-refractivity contribution in [1.82, 2.24) is 10.2 Å². The molecule has 2 aliphatic rings. The SMILES string of the molecule is C=CCc1ccc(OC[C@@H](O)CN2C(=O)N[C@]3(CCCc4cc(OC)ccc43)C2=O)c(OC)c1. The summed E-state index contributed by atoms with van der Waals surface area (Å²) >= 11 is 0. The molecule has 1 spiro atoms. The summed E-state index contributed by atoms with van der Waals surface area (Å²) in [5, 5.41) is 13.5. The zero-order chi connectivity index (χ0) is 24.3. The average Bonchev–Trinajstić information content (AvgIpc) is 3.07. The predicted octanol–water partition coefficient (Wildman–Crippen LogP) is 2.96. The quantitative estimate of drug-likeness (QED) is 0.436. The van der Waals surface area contributed by atoms with Crippen LogP contribution in [0.3, 0.4) is 0 Å². The van der Waals surface area contributed by atoms with Crippen LogP contribution in [0.2, 0.25) is 0 Å². The number of imide groups is 1. The number of aliphatic hydroxyl groups excluding tert-OH is 1. The number of carbonyl (C=O) groups excluding carboxylic acids is 2. The zero-order valence-electron chi connectivity index (χ0n) is 19.5. The van der Waals surface area contributed by atoms with Crippen LogP contribution in [0.1, 0.15) is 29.5 Å². The van der Waals surface area contributed by atoms with E-state index in [1.165, 1.54) is 0 Å². The van der Waals surface area contributed by atoms with Gasteiger partial charge in [-0.15, -0.1) is 6.58 Å². The molecule has 0 bridgehead atoms. The highest BCUT2D eigenvalue weighted by atomic mass is 16.5. The molecule has 0 unspecified atom stereocenters. The lowest BCUT2D eigenvalue weighted by Crippen LogP contribution is -2.47. The number of allylic oxidation sites excluding steroid dienone is 1. The number of amides is 3. The summed E-state index contributed by atoms with van der Waals surface area (Å²) in [6.45, 7) is 3.46. The van der Waals surface area contributed by atoms with E-state index in [9.17, 15) is 14.7 Å². The van der Waals surface area contributed by atoms with Gasteiger partial charge in [0, 0.05) is 0 Å². The third kappa shape index (κ3) is 4.33. The standard InChI is InChI=1S/C26H30N2O6/c1-4-6-17-8-11-22(23(13-17)33-3)34-16-19(29)15-28-24(30)26(27-25(28)31)12-5-7-18-14-20(32-2)9-10-21(18)26/h4,8-11,13-14,19,29H,1,5-7,12,15-16H2,2-3H3,(H,27,31)/t19-,26-/m0/s1. The van der Waals surface area contributed by atoms with Crippen LogP contribution in [-0.4, -0.2) is 55.4 Å². The van der Waals surface area contributed by atoms with Gasteiger partial charge in [0.05, 0.1) is 20.8 Å². The molecule has 2 atom stereocenters. The first-order valence-corrected chi connectivity index (χ1v) is 11.3. The summed E-state index contributed by atoms with van der Waals surface area (Å²) in [5.74, 6) is 1.37. The van der Waals surface area contributed by atoms with Gasteiger partial charge in [-0.05, 0) is 66.6 Å². The fraction of sp³-hybridized carbons (Fsp3) is 0.385. The van der Waals surface area contributed by atoms with Crippen molar-refractivity contribution in [2.24, 2.45) is 0 Å². The molecule has 2 aromatic carbocycles. The number of rotatable bonds is 9. The van der Waals surface area contributed by atoms with Crippen molar-refractivity contribution in [2.75, 3.05) is 27.4 Å². The molecule has 180 valence electrons. The maximum Gasteiger partial charge on any atom is 0.325 e. The van der Waals surface area contributed by atoms with Crippen LogP contribution in [0.15, 0.2) is 49.1 Å². The lowest BCUT2D eigenvalue weighted by molar-refractivity contribution is -0.133. The third-order valence-electron chi connectivity index (χ3n) is 6.38. The number of urea groups is 1. The molecule has 2 N–H and O–H groups in total.